The van der Waals surface area contributed by atoms with E-state index in [2.05, 4.69) is 114 Å². The van der Waals surface area contributed by atoms with Crippen LogP contribution in [0.1, 0.15) is 275 Å². The number of anilines is 8. The maximum Gasteiger partial charge on any atom is 0.376 e. The summed E-state index contributed by atoms with van der Waals surface area (Å²) in [5, 5.41) is 21.1. The highest BCUT2D eigenvalue weighted by Crippen LogP contribution is 2.07. The van der Waals surface area contributed by atoms with Crippen LogP contribution < -0.4 is 45.9 Å². The summed E-state index contributed by atoms with van der Waals surface area (Å²) in [6.07, 6.45) is 16.5. The zero-order valence-corrected chi connectivity index (χ0v) is 76.2. The van der Waals surface area contributed by atoms with Crippen LogP contribution in [-0.2, 0) is 37.9 Å². The van der Waals surface area contributed by atoms with Gasteiger partial charge in [0.1, 0.15) is 23.3 Å². The highest BCUT2D eigenvalue weighted by atomic mass is 16.6. The summed E-state index contributed by atoms with van der Waals surface area (Å²) in [5.41, 5.74) is 46.1. The Hall–Kier alpha value is -14.1. The molecule has 9 aromatic heterocycles. The van der Waals surface area contributed by atoms with Crippen molar-refractivity contribution in [1.82, 2.24) is 90.4 Å². The van der Waals surface area contributed by atoms with Gasteiger partial charge in [-0.05, 0) is 106 Å². The lowest BCUT2D eigenvalue weighted by Crippen LogP contribution is -2.09. The summed E-state index contributed by atoms with van der Waals surface area (Å²) < 4.78 is 37.6. The predicted molar refractivity (Wildman–Crippen MR) is 473 cm³/mol. The smallest absolute Gasteiger partial charge is 0.376 e. The third kappa shape index (κ3) is 67.0. The summed E-state index contributed by atoms with van der Waals surface area (Å²) in [7, 11) is 0. The quantitative estimate of drug-likeness (QED) is 0.0329. The van der Waals surface area contributed by atoms with Crippen molar-refractivity contribution in [3.63, 3.8) is 0 Å². The first-order chi connectivity index (χ1) is 58.7. The van der Waals surface area contributed by atoms with Gasteiger partial charge in [0.05, 0.1) is 125 Å². The summed E-state index contributed by atoms with van der Waals surface area (Å²) in [4.78, 5) is 133. The van der Waals surface area contributed by atoms with E-state index < -0.39 is 47.8 Å². The topological polar surface area (TPSA) is 651 Å². The normalized spacial score (nSPS) is 8.46. The van der Waals surface area contributed by atoms with Gasteiger partial charge in [-0.1, -0.05) is 125 Å². The van der Waals surface area contributed by atoms with Crippen molar-refractivity contribution in [3.05, 3.63) is 168 Å². The molecule has 0 aliphatic carbocycles. The number of aromatic nitrogens is 18. The summed E-state index contributed by atoms with van der Waals surface area (Å²) in [6.45, 7) is 56.1. The first-order valence-corrected chi connectivity index (χ1v) is 39.5. The fraction of sp³-hybridized carbons (Fsp3) is 0.450. The molecule has 0 atom stereocenters. The van der Waals surface area contributed by atoms with Crippen LogP contribution in [0.5, 0.6) is 0 Å². The Bertz CT molecular complexity index is 3580. The van der Waals surface area contributed by atoms with Gasteiger partial charge in [0.25, 0.3) is 0 Å². The molecular formula is C80H134N26O16. The Morgan fingerprint density at radius 2 is 0.689 bits per heavy atom. The molecule has 0 amide bonds. The Labute approximate surface area is 718 Å². The Kier molecular flexibility index (Phi) is 92.2. The zero-order valence-electron chi connectivity index (χ0n) is 76.2. The lowest BCUT2D eigenvalue weighted by molar-refractivity contribution is 0.0502. The van der Waals surface area contributed by atoms with Crippen molar-refractivity contribution in [2.45, 2.75) is 194 Å². The average molecular weight is 1720 g/mol. The molecule has 9 heterocycles. The second-order valence-corrected chi connectivity index (χ2v) is 18.3. The number of ether oxygens (including phenoxy) is 8. The number of rotatable bonds is 16. The van der Waals surface area contributed by atoms with Gasteiger partial charge in [-0.2, -0.15) is 10.2 Å². The number of hydrogen-bond donors (Lipinski definition) is 8. The van der Waals surface area contributed by atoms with Crippen LogP contribution in [0.4, 0.5) is 46.5 Å². The van der Waals surface area contributed by atoms with Gasteiger partial charge < -0.3 is 83.8 Å². The number of esters is 8. The number of aryl methyl sites for hydroxylation is 2. The van der Waals surface area contributed by atoms with Crippen LogP contribution in [0.2, 0.25) is 0 Å². The van der Waals surface area contributed by atoms with E-state index in [1.54, 1.807) is 80.6 Å². The highest BCUT2D eigenvalue weighted by molar-refractivity contribution is 5.91. The van der Waals surface area contributed by atoms with Gasteiger partial charge in [0.2, 0.25) is 23.5 Å². The van der Waals surface area contributed by atoms with E-state index in [0.717, 1.165) is 11.4 Å². The van der Waals surface area contributed by atoms with Crippen molar-refractivity contribution in [2.75, 3.05) is 98.7 Å². The summed E-state index contributed by atoms with van der Waals surface area (Å²) in [5.74, 6) is -2.22. The zero-order chi connectivity index (χ0) is 95.8. The molecular weight excluding hydrogens is 1580 g/mol. The molecule has 122 heavy (non-hydrogen) atoms. The molecule has 16 N–H and O–H groups in total. The molecule has 42 nitrogen and oxygen atoms in total. The molecule has 9 aromatic rings. The van der Waals surface area contributed by atoms with E-state index in [1.165, 1.54) is 92.4 Å². The fourth-order valence-electron chi connectivity index (χ4n) is 5.89. The van der Waals surface area contributed by atoms with Gasteiger partial charge in [-0.25, -0.2) is 93.2 Å². The molecule has 0 unspecified atom stereocenters. The molecule has 0 spiro atoms. The van der Waals surface area contributed by atoms with Crippen LogP contribution in [0, 0.1) is 13.8 Å². The van der Waals surface area contributed by atoms with Crippen molar-refractivity contribution < 1.29 is 76.3 Å². The summed E-state index contributed by atoms with van der Waals surface area (Å²) in [6, 6.07) is 9.34. The third-order valence-corrected chi connectivity index (χ3v) is 10.2. The fourth-order valence-corrected chi connectivity index (χ4v) is 5.89. The van der Waals surface area contributed by atoms with E-state index in [4.69, 9.17) is 60.1 Å². The molecule has 9 rings (SSSR count). The van der Waals surface area contributed by atoms with Gasteiger partial charge >= 0.3 is 47.8 Å². The third-order valence-electron chi connectivity index (χ3n) is 10.2. The van der Waals surface area contributed by atoms with Gasteiger partial charge in [0, 0.05) is 36.2 Å². The lowest BCUT2D eigenvalue weighted by atomic mass is 10.3. The minimum Gasteiger partial charge on any atom is -0.462 e. The van der Waals surface area contributed by atoms with Crippen molar-refractivity contribution in [2.24, 2.45) is 0 Å². The van der Waals surface area contributed by atoms with Crippen LogP contribution in [0.25, 0.3) is 0 Å². The van der Waals surface area contributed by atoms with Gasteiger partial charge in [-0.3, -0.25) is 4.98 Å². The first kappa shape index (κ1) is 126. The largest absolute Gasteiger partial charge is 0.462 e. The molecule has 42 heteroatoms. The van der Waals surface area contributed by atoms with Gasteiger partial charge in [0.15, 0.2) is 22.8 Å². The van der Waals surface area contributed by atoms with E-state index in [1.807, 2.05) is 132 Å². The molecule has 0 bridgehead atoms. The highest BCUT2D eigenvalue weighted by Gasteiger charge is 2.14. The van der Waals surface area contributed by atoms with E-state index in [9.17, 15) is 38.4 Å². The summed E-state index contributed by atoms with van der Waals surface area (Å²) >= 11 is 0. The van der Waals surface area contributed by atoms with Crippen LogP contribution in [0.3, 0.4) is 0 Å². The van der Waals surface area contributed by atoms with E-state index in [-0.39, 0.29) is 63.6 Å². The molecule has 0 fully saturated rings. The maximum absolute atomic E-state index is 11.1. The van der Waals surface area contributed by atoms with Gasteiger partial charge in [-0.15, -0.1) is 20.4 Å². The van der Waals surface area contributed by atoms with Crippen LogP contribution in [0.15, 0.2) is 111 Å². The minimum absolute atomic E-state index is 0.0334. The number of nitrogen functional groups attached to an aromatic ring is 8. The maximum atomic E-state index is 11.1. The molecule has 0 aliphatic heterocycles. The number of carbonyl (C=O) groups excluding carboxylic acids is 8. The number of nitrogens with zero attached hydrogens (tertiary/aromatic N) is 18. The number of carbonyl (C=O) groups is 8. The molecule has 0 radical (unpaired) electrons. The van der Waals surface area contributed by atoms with Crippen molar-refractivity contribution in [3.8, 4) is 0 Å². The first-order valence-electron chi connectivity index (χ1n) is 39.5. The SMILES string of the molecule is CC.CC.CC.CC.CC.CC.CC.CC.CC.CCOC(=O)c1cc(N)cnn1.CCOC(=O)c1ccc(N)nn1.CCOC(=O)c1cnc(N)cn1.CCOC(=O)c1cnc(N)nc1.CCOC(=O)c1cncc(N)n1.CCOC(=O)c1cnnc(N)c1.CCOC(=O)c1ncc(N)cn1.CCOC(=O)c1nccc(C)n1.Cc1ccnc(N)n1. The molecule has 0 aromatic carbocycles. The van der Waals surface area contributed by atoms with Crippen LogP contribution in [-0.4, -0.2) is 191 Å². The lowest BCUT2D eigenvalue weighted by Gasteiger charge is -1.99. The second-order valence-electron chi connectivity index (χ2n) is 18.3. The average Bonchev–Trinajstić information content (AvgIpc) is 0.878. The Morgan fingerprint density at radius 3 is 1.09 bits per heavy atom. The number of hydrogen-bond acceptors (Lipinski definition) is 42. The van der Waals surface area contributed by atoms with Crippen molar-refractivity contribution in [1.29, 1.82) is 0 Å². The van der Waals surface area contributed by atoms with E-state index >= 15 is 0 Å². The van der Waals surface area contributed by atoms with Crippen molar-refractivity contribution >= 4 is 94.3 Å². The second kappa shape index (κ2) is 89.2. The standard InChI is InChI=1S/C8H10N2O2.7C7H9N3O2.C5H7N3.9C2H6/c1-3-12-8(11)7-9-5-4-6(2)10-7;1-2-12-7(11)5-3-10-6(8)4-9-5;1-2-12-7(11)5-3-9-4-6(8)10-5;1-2-12-7(11)6-9-3-5(8)4-10-6;1-2-12-6(11)5-3-9-7(8)10-4-5;1-2-12-7(11)6-3-5(8)4-9-10-6;1-2-12-7(11)5-3-6(8)10-9-4-5;1-2-12-7(11)5-3-4-6(8)10-9-5;1-4-2-3-7-5(6)8-4;9*1-2/h4-5H,3H2,1-2H3;2*3-4H,2H2,1H3,(H2,8,10);3-4H,2,8H2,1H3;3-4H,2H2,1H3,(H2,8,9,10);3*3-4H,2H2,1H3,(H2,8,10);2-3H,1H3,(H2,6,7,8);9*1-2H3. The molecule has 0 saturated carbocycles. The monoisotopic (exact) mass is 1720 g/mol. The molecule has 680 valence electrons. The number of nitrogens with two attached hydrogens (primary N) is 8. The molecule has 0 saturated heterocycles. The predicted octanol–water partition coefficient (Wildman–Crippen LogP) is 12.2. The minimum atomic E-state index is -0.530. The Balaban J connectivity index is -0.000000164. The molecule has 0 aliphatic rings. The van der Waals surface area contributed by atoms with Crippen LogP contribution >= 0.6 is 0 Å². The van der Waals surface area contributed by atoms with E-state index in [0.29, 0.717) is 81.3 Å². The Morgan fingerprint density at radius 1 is 0.270 bits per heavy atom.